The second-order valence-corrected chi connectivity index (χ2v) is 9.10. The van der Waals surface area contributed by atoms with Crippen LogP contribution in [-0.4, -0.2) is 46.0 Å². The molecule has 7 rings (SSSR count). The molecule has 1 aliphatic rings. The summed E-state index contributed by atoms with van der Waals surface area (Å²) in [6.07, 6.45) is 9.86. The fourth-order valence-electron chi connectivity index (χ4n) is 4.53. The second kappa shape index (κ2) is 8.59. The van der Waals surface area contributed by atoms with Gasteiger partial charge in [-0.05, 0) is 49.2 Å². The van der Waals surface area contributed by atoms with Crippen LogP contribution in [0.3, 0.4) is 0 Å². The van der Waals surface area contributed by atoms with E-state index in [0.29, 0.717) is 39.6 Å². The van der Waals surface area contributed by atoms with Crippen LogP contribution in [0.1, 0.15) is 19.3 Å². The summed E-state index contributed by atoms with van der Waals surface area (Å²) in [5.41, 5.74) is 7.22. The number of hydrogen-bond acceptors (Lipinski definition) is 7. The number of amides is 1. The van der Waals surface area contributed by atoms with Crippen LogP contribution >= 0.6 is 0 Å². The number of carbonyl (C=O) groups is 1. The minimum absolute atomic E-state index is 0.0511. The van der Waals surface area contributed by atoms with Crippen LogP contribution in [0, 0.1) is 5.92 Å². The number of nitrogens with one attached hydrogen (secondary N) is 3. The molecule has 1 saturated carbocycles. The van der Waals surface area contributed by atoms with Gasteiger partial charge in [-0.25, -0.2) is 9.97 Å². The molecule has 10 nitrogen and oxygen atoms in total. The van der Waals surface area contributed by atoms with E-state index in [1.807, 2.05) is 42.5 Å². The Morgan fingerprint density at radius 2 is 1.81 bits per heavy atom. The number of rotatable bonds is 5. The van der Waals surface area contributed by atoms with E-state index in [1.54, 1.807) is 24.8 Å². The first-order chi connectivity index (χ1) is 18.2. The zero-order valence-electron chi connectivity index (χ0n) is 19.6. The number of anilines is 1. The highest BCUT2D eigenvalue weighted by atomic mass is 16.1. The maximum absolute atomic E-state index is 12.4. The van der Waals surface area contributed by atoms with Gasteiger partial charge in [0.2, 0.25) is 5.91 Å². The van der Waals surface area contributed by atoms with Gasteiger partial charge in [0.15, 0.2) is 11.5 Å². The molecular formula is C27H21N9O. The van der Waals surface area contributed by atoms with Gasteiger partial charge >= 0.3 is 0 Å². The van der Waals surface area contributed by atoms with Crippen molar-refractivity contribution in [3.63, 3.8) is 0 Å². The number of carbonyl (C=O) groups excluding carboxylic acids is 1. The first-order valence-corrected chi connectivity index (χ1v) is 12.1. The molecule has 3 N–H and O–H groups in total. The Kier molecular flexibility index (Phi) is 4.95. The Balaban J connectivity index is 1.26. The van der Waals surface area contributed by atoms with Crippen LogP contribution in [0.2, 0.25) is 0 Å². The van der Waals surface area contributed by atoms with E-state index in [1.165, 1.54) is 0 Å². The molecular weight excluding hydrogens is 466 g/mol. The molecule has 0 unspecified atom stereocenters. The fraction of sp³-hybridized carbons (Fsp3) is 0.148. The average molecular weight is 488 g/mol. The highest BCUT2D eigenvalue weighted by molar-refractivity contribution is 5.95. The number of pyridine rings is 4. The van der Waals surface area contributed by atoms with Crippen LogP contribution < -0.4 is 5.32 Å². The summed E-state index contributed by atoms with van der Waals surface area (Å²) < 4.78 is 0. The van der Waals surface area contributed by atoms with Crippen molar-refractivity contribution in [1.29, 1.82) is 0 Å². The highest BCUT2D eigenvalue weighted by Crippen LogP contribution is 2.31. The van der Waals surface area contributed by atoms with Crippen molar-refractivity contribution >= 4 is 33.7 Å². The Hall–Kier alpha value is -4.99. The zero-order chi connectivity index (χ0) is 24.8. The van der Waals surface area contributed by atoms with Gasteiger partial charge in [0, 0.05) is 30.1 Å². The van der Waals surface area contributed by atoms with E-state index in [4.69, 9.17) is 9.97 Å². The lowest BCUT2D eigenvalue weighted by atomic mass is 9.85. The smallest absolute Gasteiger partial charge is 0.227 e. The van der Waals surface area contributed by atoms with Gasteiger partial charge in [0.1, 0.15) is 16.7 Å². The number of nitrogens with zero attached hydrogens (tertiary/aromatic N) is 6. The molecule has 1 fully saturated rings. The molecule has 10 heteroatoms. The number of aromatic nitrogens is 8. The Bertz CT molecular complexity index is 1770. The van der Waals surface area contributed by atoms with Crippen LogP contribution in [0.15, 0.2) is 67.3 Å². The molecule has 0 bridgehead atoms. The summed E-state index contributed by atoms with van der Waals surface area (Å²) in [6, 6.07) is 13.3. The molecule has 0 radical (unpaired) electrons. The second-order valence-electron chi connectivity index (χ2n) is 9.10. The first-order valence-electron chi connectivity index (χ1n) is 12.1. The van der Waals surface area contributed by atoms with E-state index < -0.39 is 0 Å². The van der Waals surface area contributed by atoms with Crippen LogP contribution in [0.25, 0.3) is 56.2 Å². The zero-order valence-corrected chi connectivity index (χ0v) is 19.6. The number of aromatic amines is 2. The quantitative estimate of drug-likeness (QED) is 0.319. The molecule has 0 saturated heterocycles. The minimum Gasteiger partial charge on any atom is -0.336 e. The lowest BCUT2D eigenvalue weighted by Crippen LogP contribution is -2.28. The lowest BCUT2D eigenvalue weighted by Gasteiger charge is -2.24. The molecule has 180 valence electrons. The van der Waals surface area contributed by atoms with E-state index in [9.17, 15) is 4.79 Å². The van der Waals surface area contributed by atoms with Gasteiger partial charge in [-0.3, -0.25) is 24.8 Å². The van der Waals surface area contributed by atoms with Gasteiger partial charge in [-0.15, -0.1) is 0 Å². The molecule has 37 heavy (non-hydrogen) atoms. The topological polar surface area (TPSA) is 138 Å². The Labute approximate surface area is 210 Å². The molecule has 0 atom stereocenters. The van der Waals surface area contributed by atoms with Crippen molar-refractivity contribution in [3.8, 4) is 34.2 Å². The molecule has 0 aliphatic heterocycles. The van der Waals surface area contributed by atoms with Gasteiger partial charge < -0.3 is 10.3 Å². The van der Waals surface area contributed by atoms with E-state index >= 15 is 0 Å². The van der Waals surface area contributed by atoms with E-state index in [-0.39, 0.29) is 11.8 Å². The summed E-state index contributed by atoms with van der Waals surface area (Å²) in [6.45, 7) is 0. The molecule has 1 aliphatic carbocycles. The standard InChI is InChI=1S/C27H21N9O/c37-27(15-4-3-5-15)31-17-12-16(13-28-14-17)18-7-8-21-24(32-18)25(36-35-21)26-33-20-9-11-30-22(23(20)34-26)19-6-1-2-10-29-19/h1-2,6-15H,3-5H2,(H,31,37)(H,33,34)(H,35,36). The Morgan fingerprint density at radius 3 is 2.65 bits per heavy atom. The molecule has 6 aromatic rings. The van der Waals surface area contributed by atoms with Crippen molar-refractivity contribution in [2.75, 3.05) is 5.32 Å². The molecule has 6 heterocycles. The van der Waals surface area contributed by atoms with Crippen molar-refractivity contribution in [2.45, 2.75) is 19.3 Å². The van der Waals surface area contributed by atoms with Crippen LogP contribution in [-0.2, 0) is 4.79 Å². The van der Waals surface area contributed by atoms with E-state index in [2.05, 4.69) is 35.5 Å². The highest BCUT2D eigenvalue weighted by Gasteiger charge is 2.25. The minimum atomic E-state index is 0.0511. The predicted molar refractivity (Wildman–Crippen MR) is 139 cm³/mol. The maximum atomic E-state index is 12.4. The molecule has 1 amide bonds. The Morgan fingerprint density at radius 1 is 0.892 bits per heavy atom. The van der Waals surface area contributed by atoms with Crippen molar-refractivity contribution in [1.82, 2.24) is 40.1 Å². The summed E-state index contributed by atoms with van der Waals surface area (Å²) in [5, 5.41) is 10.5. The number of H-pyrrole nitrogens is 2. The third kappa shape index (κ3) is 3.79. The maximum Gasteiger partial charge on any atom is 0.227 e. The van der Waals surface area contributed by atoms with Gasteiger partial charge in [0.25, 0.3) is 0 Å². The monoisotopic (exact) mass is 487 g/mol. The molecule has 0 spiro atoms. The third-order valence-corrected chi connectivity index (χ3v) is 6.72. The number of imidazole rings is 1. The van der Waals surface area contributed by atoms with Crippen molar-refractivity contribution in [3.05, 3.63) is 67.3 Å². The summed E-state index contributed by atoms with van der Waals surface area (Å²) in [7, 11) is 0. The van der Waals surface area contributed by atoms with Crippen LogP contribution in [0.5, 0.6) is 0 Å². The predicted octanol–water partition coefficient (Wildman–Crippen LogP) is 4.76. The first kappa shape index (κ1) is 21.3. The largest absolute Gasteiger partial charge is 0.336 e. The lowest BCUT2D eigenvalue weighted by molar-refractivity contribution is -0.122. The van der Waals surface area contributed by atoms with Crippen molar-refractivity contribution in [2.24, 2.45) is 5.92 Å². The van der Waals surface area contributed by atoms with Gasteiger partial charge in [-0.2, -0.15) is 5.10 Å². The van der Waals surface area contributed by atoms with Crippen molar-refractivity contribution < 1.29 is 4.79 Å². The normalized spacial score (nSPS) is 13.6. The van der Waals surface area contributed by atoms with Gasteiger partial charge in [-0.1, -0.05) is 12.5 Å². The number of fused-ring (bicyclic) bond motifs is 2. The van der Waals surface area contributed by atoms with Gasteiger partial charge in [0.05, 0.1) is 34.3 Å². The molecule has 6 aromatic heterocycles. The SMILES string of the molecule is O=C(Nc1cncc(-c2ccc3[nH]nc(-c4nc5c(-c6ccccn6)nccc5[nH]4)c3n2)c1)C1CCC1. The summed E-state index contributed by atoms with van der Waals surface area (Å²) in [4.78, 5) is 38.7. The average Bonchev–Trinajstić information content (AvgIpc) is 3.52. The number of hydrogen-bond donors (Lipinski definition) is 3. The fourth-order valence-corrected chi connectivity index (χ4v) is 4.53. The van der Waals surface area contributed by atoms with E-state index in [0.717, 1.165) is 41.6 Å². The summed E-state index contributed by atoms with van der Waals surface area (Å²) in [5.74, 6) is 0.731. The molecule has 0 aromatic carbocycles. The van der Waals surface area contributed by atoms with Crippen LogP contribution in [0.4, 0.5) is 5.69 Å². The third-order valence-electron chi connectivity index (χ3n) is 6.72. The summed E-state index contributed by atoms with van der Waals surface area (Å²) >= 11 is 0.